The zero-order valence-corrected chi connectivity index (χ0v) is 14.4. The lowest BCUT2D eigenvalue weighted by atomic mass is 9.86. The van der Waals surface area contributed by atoms with E-state index in [4.69, 9.17) is 5.73 Å². The fourth-order valence-corrected chi connectivity index (χ4v) is 2.60. The van der Waals surface area contributed by atoms with Gasteiger partial charge in [-0.2, -0.15) is 0 Å². The lowest BCUT2D eigenvalue weighted by molar-refractivity contribution is 0.0355. The summed E-state index contributed by atoms with van der Waals surface area (Å²) >= 11 is 3.48. The first-order valence-corrected chi connectivity index (χ1v) is 7.73. The number of nitrogens with zero attached hydrogens (tertiary/aromatic N) is 1. The molecule has 0 fully saturated rings. The Morgan fingerprint density at radius 3 is 2.11 bits per heavy atom. The molecule has 0 saturated carbocycles. The molecule has 0 aliphatic rings. The highest BCUT2D eigenvalue weighted by atomic mass is 79.9. The van der Waals surface area contributed by atoms with Crippen LogP contribution in [0.5, 0.6) is 0 Å². The number of rotatable bonds is 6. The first kappa shape index (κ1) is 16.7. The second-order valence-corrected chi connectivity index (χ2v) is 7.14. The molecule has 1 aromatic rings. The lowest BCUT2D eigenvalue weighted by Crippen LogP contribution is -2.59. The Balaban J connectivity index is 2.94. The third-order valence-corrected chi connectivity index (χ3v) is 5.05. The van der Waals surface area contributed by atoms with Gasteiger partial charge in [0.2, 0.25) is 0 Å². The maximum absolute atomic E-state index is 6.09. The fourth-order valence-electron chi connectivity index (χ4n) is 2.34. The molecule has 0 spiro atoms. The summed E-state index contributed by atoms with van der Waals surface area (Å²) in [5.41, 5.74) is 7.55. The molecule has 1 aromatic carbocycles. The highest BCUT2D eigenvalue weighted by Gasteiger charge is 2.36. The smallest absolute Gasteiger partial charge is 0.0346 e. The van der Waals surface area contributed by atoms with E-state index in [1.54, 1.807) is 0 Å². The van der Waals surface area contributed by atoms with Crippen molar-refractivity contribution in [2.75, 3.05) is 13.6 Å². The van der Waals surface area contributed by atoms with E-state index in [2.05, 4.69) is 79.8 Å². The minimum absolute atomic E-state index is 0.0205. The van der Waals surface area contributed by atoms with Crippen molar-refractivity contribution in [1.82, 2.24) is 4.90 Å². The van der Waals surface area contributed by atoms with Crippen LogP contribution in [0.15, 0.2) is 28.7 Å². The van der Waals surface area contributed by atoms with E-state index >= 15 is 0 Å². The van der Waals surface area contributed by atoms with Crippen LogP contribution in [0.4, 0.5) is 0 Å². The quantitative estimate of drug-likeness (QED) is 0.860. The Bertz CT molecular complexity index is 400. The van der Waals surface area contributed by atoms with Gasteiger partial charge >= 0.3 is 0 Å². The van der Waals surface area contributed by atoms with Gasteiger partial charge in [0.15, 0.2) is 0 Å². The van der Waals surface area contributed by atoms with Crippen molar-refractivity contribution in [2.24, 2.45) is 5.73 Å². The molecule has 0 radical (unpaired) electrons. The van der Waals surface area contributed by atoms with Crippen molar-refractivity contribution in [3.05, 3.63) is 34.3 Å². The average molecular weight is 327 g/mol. The molecule has 0 saturated heterocycles. The lowest BCUT2D eigenvalue weighted by Gasteiger charge is -2.48. The van der Waals surface area contributed by atoms with Gasteiger partial charge in [0, 0.05) is 22.1 Å². The van der Waals surface area contributed by atoms with E-state index < -0.39 is 0 Å². The van der Waals surface area contributed by atoms with Gasteiger partial charge in [0.1, 0.15) is 0 Å². The topological polar surface area (TPSA) is 29.3 Å². The first-order chi connectivity index (χ1) is 8.75. The van der Waals surface area contributed by atoms with Crippen LogP contribution in [0, 0.1) is 0 Å². The Morgan fingerprint density at radius 1 is 1.16 bits per heavy atom. The average Bonchev–Trinajstić information content (AvgIpc) is 2.40. The van der Waals surface area contributed by atoms with Crippen LogP contribution >= 0.6 is 15.9 Å². The van der Waals surface area contributed by atoms with Gasteiger partial charge in [0.05, 0.1) is 0 Å². The Morgan fingerprint density at radius 2 is 1.68 bits per heavy atom. The minimum atomic E-state index is -0.0205. The summed E-state index contributed by atoms with van der Waals surface area (Å²) in [6.07, 6.45) is 2.08. The molecular formula is C16H27BrN2. The normalized spacial score (nSPS) is 15.6. The SMILES string of the molecule is CCC(C)(C)N(C)C(C)(CN)Cc1ccc(Br)cc1. The van der Waals surface area contributed by atoms with Crippen molar-refractivity contribution >= 4 is 15.9 Å². The zero-order valence-electron chi connectivity index (χ0n) is 12.8. The van der Waals surface area contributed by atoms with Crippen molar-refractivity contribution in [3.63, 3.8) is 0 Å². The molecule has 0 bridgehead atoms. The number of hydrogen-bond acceptors (Lipinski definition) is 2. The number of nitrogens with two attached hydrogens (primary N) is 1. The predicted octanol–water partition coefficient (Wildman–Crippen LogP) is 3.83. The number of likely N-dealkylation sites (N-methyl/N-ethyl adjacent to an activating group) is 1. The summed E-state index contributed by atoms with van der Waals surface area (Å²) in [6, 6.07) is 8.53. The van der Waals surface area contributed by atoms with Gasteiger partial charge in [-0.15, -0.1) is 0 Å². The minimum Gasteiger partial charge on any atom is -0.329 e. The molecule has 0 heterocycles. The van der Waals surface area contributed by atoms with Gasteiger partial charge in [-0.25, -0.2) is 0 Å². The molecule has 0 aliphatic carbocycles. The maximum Gasteiger partial charge on any atom is 0.0346 e. The van der Waals surface area contributed by atoms with Crippen molar-refractivity contribution in [1.29, 1.82) is 0 Å². The number of halogens is 1. The maximum atomic E-state index is 6.09. The molecule has 0 aromatic heterocycles. The molecule has 19 heavy (non-hydrogen) atoms. The summed E-state index contributed by atoms with van der Waals surface area (Å²) in [7, 11) is 2.19. The van der Waals surface area contributed by atoms with Crippen LogP contribution in [0.1, 0.15) is 39.7 Å². The van der Waals surface area contributed by atoms with Gasteiger partial charge in [-0.05, 0) is 58.4 Å². The van der Waals surface area contributed by atoms with E-state index in [9.17, 15) is 0 Å². The monoisotopic (exact) mass is 326 g/mol. The fraction of sp³-hybridized carbons (Fsp3) is 0.625. The highest BCUT2D eigenvalue weighted by molar-refractivity contribution is 9.10. The van der Waals surface area contributed by atoms with Gasteiger partial charge in [0.25, 0.3) is 0 Å². The van der Waals surface area contributed by atoms with E-state index in [0.717, 1.165) is 17.3 Å². The molecule has 2 nitrogen and oxygen atoms in total. The second-order valence-electron chi connectivity index (χ2n) is 6.23. The molecule has 1 rings (SSSR count). The van der Waals surface area contributed by atoms with Crippen LogP contribution in [0.25, 0.3) is 0 Å². The summed E-state index contributed by atoms with van der Waals surface area (Å²) in [5, 5.41) is 0. The van der Waals surface area contributed by atoms with E-state index in [0.29, 0.717) is 6.54 Å². The van der Waals surface area contributed by atoms with Crippen LogP contribution in [-0.4, -0.2) is 29.6 Å². The molecule has 2 N–H and O–H groups in total. The number of benzene rings is 1. The summed E-state index contributed by atoms with van der Waals surface area (Å²) < 4.78 is 1.12. The largest absolute Gasteiger partial charge is 0.329 e. The Labute approximate surface area is 126 Å². The molecule has 108 valence electrons. The van der Waals surface area contributed by atoms with Crippen molar-refractivity contribution in [2.45, 2.75) is 51.6 Å². The third-order valence-electron chi connectivity index (χ3n) is 4.52. The van der Waals surface area contributed by atoms with Crippen molar-refractivity contribution in [3.8, 4) is 0 Å². The Hall–Kier alpha value is -0.380. The van der Waals surface area contributed by atoms with Crippen LogP contribution in [-0.2, 0) is 6.42 Å². The van der Waals surface area contributed by atoms with Gasteiger partial charge in [-0.1, -0.05) is 35.0 Å². The van der Waals surface area contributed by atoms with Gasteiger partial charge in [-0.3, -0.25) is 4.90 Å². The zero-order chi connectivity index (χ0) is 14.7. The predicted molar refractivity (Wildman–Crippen MR) is 87.4 cm³/mol. The molecule has 3 heteroatoms. The standard InChI is InChI=1S/C16H27BrN2/c1-6-15(2,3)19(5)16(4,12-18)11-13-7-9-14(17)10-8-13/h7-10H,6,11-12,18H2,1-5H3. The summed E-state index contributed by atoms with van der Waals surface area (Å²) in [5.74, 6) is 0. The number of hydrogen-bond donors (Lipinski definition) is 1. The Kier molecular flexibility index (Phi) is 5.60. The molecule has 0 amide bonds. The highest BCUT2D eigenvalue weighted by Crippen LogP contribution is 2.28. The van der Waals surface area contributed by atoms with Gasteiger partial charge < -0.3 is 5.73 Å². The van der Waals surface area contributed by atoms with Crippen LogP contribution in [0.3, 0.4) is 0 Å². The first-order valence-electron chi connectivity index (χ1n) is 6.93. The van der Waals surface area contributed by atoms with Crippen LogP contribution in [0.2, 0.25) is 0 Å². The molecule has 1 unspecified atom stereocenters. The van der Waals surface area contributed by atoms with Crippen LogP contribution < -0.4 is 5.73 Å². The molecule has 0 aliphatic heterocycles. The summed E-state index contributed by atoms with van der Waals surface area (Å²) in [6.45, 7) is 9.70. The third kappa shape index (κ3) is 4.04. The second kappa shape index (κ2) is 6.38. The molecule has 1 atom stereocenters. The van der Waals surface area contributed by atoms with E-state index in [1.165, 1.54) is 5.56 Å². The van der Waals surface area contributed by atoms with E-state index in [-0.39, 0.29) is 11.1 Å². The van der Waals surface area contributed by atoms with Crippen molar-refractivity contribution < 1.29 is 0 Å². The summed E-state index contributed by atoms with van der Waals surface area (Å²) in [4.78, 5) is 2.43. The van der Waals surface area contributed by atoms with E-state index in [1.807, 2.05) is 0 Å². The molecular weight excluding hydrogens is 300 g/mol.